The molecule has 0 radical (unpaired) electrons. The van der Waals surface area contributed by atoms with Crippen molar-refractivity contribution >= 4 is 28.5 Å². The third-order valence-corrected chi connectivity index (χ3v) is 2.77. The summed E-state index contributed by atoms with van der Waals surface area (Å²) < 4.78 is 10.1. The molecule has 0 amide bonds. The number of halogens is 1. The lowest BCUT2D eigenvalue weighted by molar-refractivity contribution is -0.135. The van der Waals surface area contributed by atoms with Crippen molar-refractivity contribution in [1.82, 2.24) is 0 Å². The second-order valence-corrected chi connectivity index (χ2v) is 4.26. The molecule has 0 aliphatic heterocycles. The minimum absolute atomic E-state index is 0.0315. The van der Waals surface area contributed by atoms with Gasteiger partial charge in [0, 0.05) is 5.56 Å². The molecule has 2 aromatic rings. The van der Waals surface area contributed by atoms with Crippen LogP contribution in [-0.4, -0.2) is 23.5 Å². The first-order valence-corrected chi connectivity index (χ1v) is 6.67. The Labute approximate surface area is 126 Å². The van der Waals surface area contributed by atoms with Crippen LogP contribution in [0.3, 0.4) is 0 Å². The number of esters is 1. The maximum absolute atomic E-state index is 11.9. The molecule has 2 rings (SSSR count). The molecule has 0 fully saturated rings. The van der Waals surface area contributed by atoms with Gasteiger partial charge >= 0.3 is 5.97 Å². The van der Waals surface area contributed by atoms with Crippen molar-refractivity contribution in [2.75, 3.05) is 6.61 Å². The van der Waals surface area contributed by atoms with E-state index in [1.807, 2.05) is 18.2 Å². The maximum atomic E-state index is 11.9. The Balaban J connectivity index is 2.31. The summed E-state index contributed by atoms with van der Waals surface area (Å²) in [6.45, 7) is 1.94. The molecule has 0 aliphatic carbocycles. The highest BCUT2D eigenvalue weighted by Crippen LogP contribution is 2.08. The third-order valence-electron chi connectivity index (χ3n) is 2.47. The van der Waals surface area contributed by atoms with Gasteiger partial charge in [-0.2, -0.15) is 0 Å². The number of carbonyl (C=O) groups is 1. The van der Waals surface area contributed by atoms with Gasteiger partial charge < -0.3 is 9.15 Å². The lowest BCUT2D eigenvalue weighted by Crippen LogP contribution is -2.18. The van der Waals surface area contributed by atoms with Crippen LogP contribution in [0.5, 0.6) is 0 Å². The molecule has 0 atom stereocenters. The van der Waals surface area contributed by atoms with Crippen LogP contribution in [0.15, 0.2) is 63.3 Å². The third kappa shape index (κ3) is 4.03. The minimum atomic E-state index is -0.617. The van der Waals surface area contributed by atoms with Crippen molar-refractivity contribution in [2.24, 2.45) is 10.2 Å². The number of benzene rings is 1. The highest BCUT2D eigenvalue weighted by atomic mass is 35.5. The molecule has 0 bridgehead atoms. The Morgan fingerprint density at radius 2 is 1.95 bits per heavy atom. The number of furan rings is 1. The molecule has 1 heterocycles. The van der Waals surface area contributed by atoms with Gasteiger partial charge in [0.2, 0.25) is 5.71 Å². The summed E-state index contributed by atoms with van der Waals surface area (Å²) in [5.41, 5.74) is 0.668. The fourth-order valence-electron chi connectivity index (χ4n) is 1.53. The molecule has 0 unspecified atom stereocenters. The molecule has 0 N–H and O–H groups in total. The van der Waals surface area contributed by atoms with E-state index in [4.69, 9.17) is 20.8 Å². The Kier molecular flexibility index (Phi) is 5.29. The summed E-state index contributed by atoms with van der Waals surface area (Å²) in [5, 5.41) is 7.90. The fourth-order valence-corrected chi connectivity index (χ4v) is 1.69. The van der Waals surface area contributed by atoms with Gasteiger partial charge in [0.05, 0.1) is 12.9 Å². The average molecular weight is 305 g/mol. The number of nitrogens with zero attached hydrogens (tertiary/aromatic N) is 2. The van der Waals surface area contributed by atoms with E-state index in [1.165, 1.54) is 6.26 Å². The van der Waals surface area contributed by atoms with Crippen LogP contribution in [0.1, 0.15) is 18.2 Å². The Hall–Kier alpha value is -2.40. The maximum Gasteiger partial charge on any atom is 0.362 e. The second kappa shape index (κ2) is 7.40. The van der Waals surface area contributed by atoms with E-state index in [0.29, 0.717) is 5.56 Å². The molecule has 5 nitrogen and oxygen atoms in total. The number of hydrogen-bond donors (Lipinski definition) is 0. The van der Waals surface area contributed by atoms with Crippen molar-refractivity contribution in [3.63, 3.8) is 0 Å². The highest BCUT2D eigenvalue weighted by molar-refractivity contribution is 6.69. The summed E-state index contributed by atoms with van der Waals surface area (Å²) in [5.74, 6) is -0.344. The van der Waals surface area contributed by atoms with E-state index in [2.05, 4.69) is 10.2 Å². The van der Waals surface area contributed by atoms with Gasteiger partial charge in [0.1, 0.15) is 0 Å². The van der Waals surface area contributed by atoms with Crippen molar-refractivity contribution in [3.05, 3.63) is 60.1 Å². The monoisotopic (exact) mass is 304 g/mol. The molecule has 0 saturated carbocycles. The molecular weight excluding hydrogens is 292 g/mol. The number of rotatable bonds is 5. The van der Waals surface area contributed by atoms with E-state index >= 15 is 0 Å². The molecule has 1 aromatic heterocycles. The van der Waals surface area contributed by atoms with Gasteiger partial charge in [-0.1, -0.05) is 41.9 Å². The fraction of sp³-hybridized carbons (Fsp3) is 0.133. The lowest BCUT2D eigenvalue weighted by Gasteiger charge is -2.01. The van der Waals surface area contributed by atoms with Crippen LogP contribution in [-0.2, 0) is 9.53 Å². The zero-order valence-electron chi connectivity index (χ0n) is 11.3. The Bertz CT molecular complexity index is 649. The van der Waals surface area contributed by atoms with Gasteiger partial charge in [0.25, 0.3) is 0 Å². The average Bonchev–Trinajstić information content (AvgIpc) is 3.02. The van der Waals surface area contributed by atoms with Gasteiger partial charge in [-0.15, -0.1) is 10.2 Å². The lowest BCUT2D eigenvalue weighted by atomic mass is 10.2. The van der Waals surface area contributed by atoms with Crippen LogP contribution in [0.25, 0.3) is 0 Å². The summed E-state index contributed by atoms with van der Waals surface area (Å²) in [6.07, 6.45) is 1.44. The zero-order chi connectivity index (χ0) is 15.1. The molecule has 0 spiro atoms. The van der Waals surface area contributed by atoms with Crippen LogP contribution >= 0.6 is 11.6 Å². The Morgan fingerprint density at radius 3 is 2.57 bits per heavy atom. The predicted octanol–water partition coefficient (Wildman–Crippen LogP) is 3.23. The summed E-state index contributed by atoms with van der Waals surface area (Å²) in [7, 11) is 0. The number of ether oxygens (including phenoxy) is 1. The first kappa shape index (κ1) is 15.0. The molecule has 0 saturated heterocycles. The van der Waals surface area contributed by atoms with Gasteiger partial charge in [0.15, 0.2) is 10.9 Å². The SMILES string of the molecule is CCOC(=O)C(=NN=C(Cl)c1ccccc1)c1ccco1. The molecule has 6 heteroatoms. The number of hydrogen-bond acceptors (Lipinski definition) is 5. The molecule has 108 valence electrons. The predicted molar refractivity (Wildman–Crippen MR) is 80.7 cm³/mol. The quantitative estimate of drug-likeness (QED) is 0.484. The van der Waals surface area contributed by atoms with Crippen LogP contribution in [0.4, 0.5) is 0 Å². The molecule has 0 aliphatic rings. The van der Waals surface area contributed by atoms with E-state index in [0.717, 1.165) is 0 Å². The topological polar surface area (TPSA) is 64.2 Å². The summed E-state index contributed by atoms with van der Waals surface area (Å²) in [6, 6.07) is 12.3. The zero-order valence-corrected chi connectivity index (χ0v) is 12.1. The second-order valence-electron chi connectivity index (χ2n) is 3.90. The van der Waals surface area contributed by atoms with E-state index in [-0.39, 0.29) is 23.2 Å². The van der Waals surface area contributed by atoms with Crippen molar-refractivity contribution in [1.29, 1.82) is 0 Å². The van der Waals surface area contributed by atoms with Gasteiger partial charge in [-0.3, -0.25) is 0 Å². The molecule has 1 aromatic carbocycles. The van der Waals surface area contributed by atoms with Gasteiger partial charge in [-0.05, 0) is 19.1 Å². The van der Waals surface area contributed by atoms with E-state index in [1.54, 1.807) is 31.2 Å². The smallest absolute Gasteiger partial charge is 0.362 e. The van der Waals surface area contributed by atoms with Crippen LogP contribution in [0, 0.1) is 0 Å². The first-order valence-electron chi connectivity index (χ1n) is 6.30. The van der Waals surface area contributed by atoms with E-state index < -0.39 is 5.97 Å². The Morgan fingerprint density at radius 1 is 1.19 bits per heavy atom. The van der Waals surface area contributed by atoms with Crippen molar-refractivity contribution < 1.29 is 13.9 Å². The molecule has 21 heavy (non-hydrogen) atoms. The largest absolute Gasteiger partial charge is 0.462 e. The molecular formula is C15H13ClN2O3. The standard InChI is InChI=1S/C15H13ClN2O3/c1-2-20-15(19)13(12-9-6-10-21-12)17-18-14(16)11-7-4-3-5-8-11/h3-10H,2H2,1H3. The summed E-state index contributed by atoms with van der Waals surface area (Å²) in [4.78, 5) is 11.9. The van der Waals surface area contributed by atoms with Crippen molar-refractivity contribution in [3.8, 4) is 0 Å². The van der Waals surface area contributed by atoms with Gasteiger partial charge in [-0.25, -0.2) is 4.79 Å². The number of carbonyl (C=O) groups excluding carboxylic acids is 1. The normalized spacial score (nSPS) is 12.3. The van der Waals surface area contributed by atoms with Crippen LogP contribution < -0.4 is 0 Å². The first-order chi connectivity index (χ1) is 10.2. The highest BCUT2D eigenvalue weighted by Gasteiger charge is 2.18. The van der Waals surface area contributed by atoms with Crippen LogP contribution in [0.2, 0.25) is 0 Å². The summed E-state index contributed by atoms with van der Waals surface area (Å²) >= 11 is 6.05. The van der Waals surface area contributed by atoms with E-state index in [9.17, 15) is 4.79 Å². The van der Waals surface area contributed by atoms with Crippen molar-refractivity contribution in [2.45, 2.75) is 6.92 Å². The minimum Gasteiger partial charge on any atom is -0.462 e.